The highest BCUT2D eigenvalue weighted by atomic mass is 16.5. The van der Waals surface area contributed by atoms with E-state index in [2.05, 4.69) is 0 Å². The number of amides is 1. The molecule has 3 aromatic rings. The van der Waals surface area contributed by atoms with Gasteiger partial charge in [-0.05, 0) is 62.4 Å². The number of fused-ring (bicyclic) bond motifs is 5. The molecule has 7 heteroatoms. The normalized spacial score (nSPS) is 19.7. The van der Waals surface area contributed by atoms with Crippen molar-refractivity contribution in [3.05, 3.63) is 73.5 Å². The first kappa shape index (κ1) is 20.5. The number of hydrogen-bond donors (Lipinski definition) is 0. The van der Waals surface area contributed by atoms with Crippen LogP contribution in [0.25, 0.3) is 11.0 Å². The van der Waals surface area contributed by atoms with Crippen LogP contribution in [0.5, 0.6) is 5.75 Å². The second-order valence-corrected chi connectivity index (χ2v) is 9.06. The fourth-order valence-corrected chi connectivity index (χ4v) is 5.13. The van der Waals surface area contributed by atoms with Crippen LogP contribution in [-0.4, -0.2) is 35.1 Å². The third kappa shape index (κ3) is 3.42. The average Bonchev–Trinajstić information content (AvgIpc) is 2.76. The molecule has 0 unspecified atom stereocenters. The smallest absolute Gasteiger partial charge is 0.339 e. The van der Waals surface area contributed by atoms with E-state index in [9.17, 15) is 14.4 Å². The summed E-state index contributed by atoms with van der Waals surface area (Å²) in [5.41, 5.74) is 3.38. The summed E-state index contributed by atoms with van der Waals surface area (Å²) in [5.74, 6) is 0.906. The molecule has 0 N–H and O–H groups in total. The molecule has 5 rings (SSSR count). The Hall–Kier alpha value is -3.35. The van der Waals surface area contributed by atoms with Crippen LogP contribution < -0.4 is 15.9 Å². The van der Waals surface area contributed by atoms with Crippen molar-refractivity contribution < 1.29 is 13.9 Å². The van der Waals surface area contributed by atoms with Gasteiger partial charge in [0.15, 0.2) is 6.61 Å². The molecule has 1 fully saturated rings. The minimum Gasteiger partial charge on any atom is -0.483 e. The number of benzene rings is 1. The zero-order valence-electron chi connectivity index (χ0n) is 18.5. The fourth-order valence-electron chi connectivity index (χ4n) is 5.13. The van der Waals surface area contributed by atoms with Crippen molar-refractivity contribution in [2.45, 2.75) is 39.7 Å². The van der Waals surface area contributed by atoms with Gasteiger partial charge in [-0.15, -0.1) is 0 Å². The van der Waals surface area contributed by atoms with E-state index in [0.717, 1.165) is 28.6 Å². The summed E-state index contributed by atoms with van der Waals surface area (Å²) in [7, 11) is 0. The number of nitrogens with zero attached hydrogens (tertiary/aromatic N) is 2. The van der Waals surface area contributed by atoms with Gasteiger partial charge >= 0.3 is 5.63 Å². The van der Waals surface area contributed by atoms with Crippen LogP contribution >= 0.6 is 0 Å². The summed E-state index contributed by atoms with van der Waals surface area (Å²) in [4.78, 5) is 39.2. The molecule has 0 aliphatic carbocycles. The summed E-state index contributed by atoms with van der Waals surface area (Å²) in [6.07, 6.45) is 0.994. The summed E-state index contributed by atoms with van der Waals surface area (Å²) >= 11 is 0. The quantitative estimate of drug-likeness (QED) is 0.592. The van der Waals surface area contributed by atoms with E-state index in [4.69, 9.17) is 9.15 Å². The van der Waals surface area contributed by atoms with Gasteiger partial charge in [-0.1, -0.05) is 6.07 Å². The van der Waals surface area contributed by atoms with Gasteiger partial charge in [0.1, 0.15) is 11.3 Å². The van der Waals surface area contributed by atoms with Crippen LogP contribution in [0.3, 0.4) is 0 Å². The van der Waals surface area contributed by atoms with Crippen molar-refractivity contribution in [1.29, 1.82) is 0 Å². The number of piperidine rings is 1. The Morgan fingerprint density at radius 3 is 2.72 bits per heavy atom. The number of ether oxygens (including phenoxy) is 1. The van der Waals surface area contributed by atoms with Gasteiger partial charge in [-0.2, -0.15) is 0 Å². The number of aryl methyl sites for hydroxylation is 2. The first-order valence-electron chi connectivity index (χ1n) is 11.0. The zero-order chi connectivity index (χ0) is 22.6. The Balaban J connectivity index is 1.37. The van der Waals surface area contributed by atoms with Crippen LogP contribution in [0.2, 0.25) is 0 Å². The van der Waals surface area contributed by atoms with E-state index >= 15 is 0 Å². The van der Waals surface area contributed by atoms with E-state index in [1.165, 1.54) is 0 Å². The molecule has 1 amide bonds. The summed E-state index contributed by atoms with van der Waals surface area (Å²) in [6, 6.07) is 9.06. The minimum atomic E-state index is -0.359. The van der Waals surface area contributed by atoms with E-state index in [1.54, 1.807) is 19.1 Å². The van der Waals surface area contributed by atoms with Gasteiger partial charge in [0.25, 0.3) is 11.5 Å². The number of aromatic nitrogens is 1. The minimum absolute atomic E-state index is 0.0314. The van der Waals surface area contributed by atoms with Crippen LogP contribution in [0.1, 0.15) is 34.7 Å². The lowest BCUT2D eigenvalue weighted by atomic mass is 9.83. The van der Waals surface area contributed by atoms with E-state index in [-0.39, 0.29) is 35.5 Å². The number of carbonyl (C=O) groups is 1. The fraction of sp³-hybridized carbons (Fsp3) is 0.400. The highest BCUT2D eigenvalue weighted by Crippen LogP contribution is 2.35. The first-order chi connectivity index (χ1) is 15.3. The van der Waals surface area contributed by atoms with Crippen LogP contribution in [0.15, 0.2) is 44.3 Å². The van der Waals surface area contributed by atoms with E-state index in [0.29, 0.717) is 36.5 Å². The molecule has 2 bridgehead atoms. The Kier molecular flexibility index (Phi) is 4.92. The molecular formula is C25H26N2O5. The number of rotatable bonds is 3. The second kappa shape index (κ2) is 7.65. The Bertz CT molecular complexity index is 1350. The molecule has 0 radical (unpaired) electrons. The molecule has 1 saturated heterocycles. The topological polar surface area (TPSA) is 81.8 Å². The lowest BCUT2D eigenvalue weighted by Crippen LogP contribution is -2.50. The lowest BCUT2D eigenvalue weighted by Gasteiger charge is -2.42. The molecule has 2 aliphatic rings. The molecule has 2 aliphatic heterocycles. The molecule has 4 heterocycles. The SMILES string of the molecule is Cc1cc(OCC(=O)N2C[C@H]3C[C@@H](C2)c2cccc(=O)n2C3)c2c(C)c(C)c(=O)oc2c1. The molecule has 166 valence electrons. The van der Waals surface area contributed by atoms with E-state index < -0.39 is 0 Å². The van der Waals surface area contributed by atoms with Crippen LogP contribution in [-0.2, 0) is 11.3 Å². The van der Waals surface area contributed by atoms with Crippen molar-refractivity contribution in [2.24, 2.45) is 5.92 Å². The molecule has 0 saturated carbocycles. The Morgan fingerprint density at radius 1 is 1.09 bits per heavy atom. The van der Waals surface area contributed by atoms with Crippen molar-refractivity contribution >= 4 is 16.9 Å². The molecule has 7 nitrogen and oxygen atoms in total. The first-order valence-corrected chi connectivity index (χ1v) is 11.0. The van der Waals surface area contributed by atoms with Gasteiger partial charge in [0, 0.05) is 42.9 Å². The Labute approximate surface area is 185 Å². The third-order valence-electron chi connectivity index (χ3n) is 6.84. The molecule has 2 aromatic heterocycles. The van der Waals surface area contributed by atoms with Gasteiger partial charge in [0.2, 0.25) is 0 Å². The van der Waals surface area contributed by atoms with Crippen LogP contribution in [0.4, 0.5) is 0 Å². The third-order valence-corrected chi connectivity index (χ3v) is 6.84. The second-order valence-electron chi connectivity index (χ2n) is 9.06. The largest absolute Gasteiger partial charge is 0.483 e. The lowest BCUT2D eigenvalue weighted by molar-refractivity contribution is -0.136. The predicted octanol–water partition coefficient (Wildman–Crippen LogP) is 2.90. The Morgan fingerprint density at radius 2 is 1.91 bits per heavy atom. The molecule has 2 atom stereocenters. The number of likely N-dealkylation sites (tertiary alicyclic amines) is 1. The molecular weight excluding hydrogens is 408 g/mol. The van der Waals surface area contributed by atoms with Crippen molar-refractivity contribution in [2.75, 3.05) is 19.7 Å². The number of hydrogen-bond acceptors (Lipinski definition) is 5. The maximum absolute atomic E-state index is 13.1. The van der Waals surface area contributed by atoms with Gasteiger partial charge in [0.05, 0.1) is 5.39 Å². The maximum Gasteiger partial charge on any atom is 0.339 e. The predicted molar refractivity (Wildman–Crippen MR) is 120 cm³/mol. The maximum atomic E-state index is 13.1. The summed E-state index contributed by atoms with van der Waals surface area (Å²) < 4.78 is 13.3. The number of carbonyl (C=O) groups excluding carboxylic acids is 1. The molecule has 1 aromatic carbocycles. The highest BCUT2D eigenvalue weighted by Gasteiger charge is 2.36. The van der Waals surface area contributed by atoms with Crippen molar-refractivity contribution in [3.8, 4) is 5.75 Å². The highest BCUT2D eigenvalue weighted by molar-refractivity contribution is 5.88. The van der Waals surface area contributed by atoms with E-state index in [1.807, 2.05) is 41.5 Å². The van der Waals surface area contributed by atoms with Crippen LogP contribution in [0, 0.1) is 26.7 Å². The summed E-state index contributed by atoms with van der Waals surface area (Å²) in [5, 5.41) is 0.726. The van der Waals surface area contributed by atoms with Gasteiger partial charge in [-0.25, -0.2) is 4.79 Å². The molecule has 0 spiro atoms. The average molecular weight is 434 g/mol. The van der Waals surface area contributed by atoms with Gasteiger partial charge in [-0.3, -0.25) is 9.59 Å². The monoisotopic (exact) mass is 434 g/mol. The number of pyridine rings is 1. The summed E-state index contributed by atoms with van der Waals surface area (Å²) in [6.45, 7) is 7.27. The van der Waals surface area contributed by atoms with Crippen molar-refractivity contribution in [3.63, 3.8) is 0 Å². The molecule has 32 heavy (non-hydrogen) atoms. The standard InChI is InChI=1S/C25H26N2O5/c1-14-7-20(24-15(2)16(3)25(30)32-21(24)8-14)31-13-23(29)26-10-17-9-18(12-26)19-5-4-6-22(28)27(19)11-17/h4-8,17-18H,9-13H2,1-3H3/t17-,18+/m1/s1. The zero-order valence-corrected chi connectivity index (χ0v) is 18.5. The van der Waals surface area contributed by atoms with Crippen molar-refractivity contribution in [1.82, 2.24) is 9.47 Å². The van der Waals surface area contributed by atoms with Gasteiger partial charge < -0.3 is 18.6 Å².